The van der Waals surface area contributed by atoms with Crippen molar-refractivity contribution in [2.45, 2.75) is 19.1 Å². The van der Waals surface area contributed by atoms with E-state index in [0.29, 0.717) is 5.56 Å². The third kappa shape index (κ3) is 4.25. The summed E-state index contributed by atoms with van der Waals surface area (Å²) in [5.41, 5.74) is 0.828. The number of ether oxygens (including phenoxy) is 1. The fourth-order valence-electron chi connectivity index (χ4n) is 3.51. The van der Waals surface area contributed by atoms with Gasteiger partial charge in [-0.15, -0.1) is 0 Å². The van der Waals surface area contributed by atoms with E-state index < -0.39 is 42.2 Å². The first kappa shape index (κ1) is 23.4. The maximum atomic E-state index is 13.9. The zero-order chi connectivity index (χ0) is 24.8. The minimum absolute atomic E-state index is 0.0248. The van der Waals surface area contributed by atoms with Crippen molar-refractivity contribution in [2.75, 3.05) is 25.5 Å². The van der Waals surface area contributed by atoms with Crippen molar-refractivity contribution in [1.29, 1.82) is 0 Å². The number of nitrogens with one attached hydrogen (secondary N) is 1. The predicted molar refractivity (Wildman–Crippen MR) is 111 cm³/mol. The summed E-state index contributed by atoms with van der Waals surface area (Å²) in [6.07, 6.45) is -3.82. The highest BCUT2D eigenvalue weighted by atomic mass is 19.3. The summed E-state index contributed by atoms with van der Waals surface area (Å²) < 4.78 is 72.6. The molecule has 4 rings (SSSR count). The normalized spacial score (nSPS) is 18.0. The number of guanidine groups is 2. The number of rotatable bonds is 5. The zero-order valence-electron chi connectivity index (χ0n) is 17.8. The van der Waals surface area contributed by atoms with Crippen molar-refractivity contribution in [3.8, 4) is 5.75 Å². The van der Waals surface area contributed by atoms with E-state index in [9.17, 15) is 26.7 Å². The Morgan fingerprint density at radius 2 is 1.88 bits per heavy atom. The highest BCUT2D eigenvalue weighted by Crippen LogP contribution is 2.33. The van der Waals surface area contributed by atoms with E-state index in [-0.39, 0.29) is 35.5 Å². The van der Waals surface area contributed by atoms with Crippen LogP contribution in [0.3, 0.4) is 0 Å². The van der Waals surface area contributed by atoms with Gasteiger partial charge in [0, 0.05) is 18.8 Å². The summed E-state index contributed by atoms with van der Waals surface area (Å²) in [5.74, 6) is -4.64. The molecule has 180 valence electrons. The Balaban J connectivity index is 1.71. The Morgan fingerprint density at radius 3 is 2.53 bits per heavy atom. The Hall–Kier alpha value is -3.74. The average Bonchev–Trinajstić information content (AvgIpc) is 3.23. The molecule has 2 aromatic rings. The van der Waals surface area contributed by atoms with E-state index in [4.69, 9.17) is 5.11 Å². The molecule has 0 aliphatic carbocycles. The quantitative estimate of drug-likeness (QED) is 0.501. The lowest BCUT2D eigenvalue weighted by atomic mass is 10.1. The van der Waals surface area contributed by atoms with Crippen molar-refractivity contribution in [1.82, 2.24) is 9.80 Å². The van der Waals surface area contributed by atoms with Gasteiger partial charge >= 0.3 is 12.1 Å². The number of nitrogens with zero attached hydrogens (tertiary/aromatic N) is 4. The molecule has 2 heterocycles. The van der Waals surface area contributed by atoms with Crippen LogP contribution in [0.15, 0.2) is 40.3 Å². The standard InChI is InChI=1S/C21H18F5N5O3/c1-10-3-4-12(34-21(25,26)9-32)7-15(10)28-18-29-20(33)30(2)19-27-8-16(31(18)19)11-5-13(22)17(24)14(23)6-11/h3-7,16,32H,8-9H2,1-2H3,(H,28,29,33). The number of hydrogen-bond acceptors (Lipinski definition) is 6. The maximum Gasteiger partial charge on any atom is 0.421 e. The van der Waals surface area contributed by atoms with Gasteiger partial charge in [-0.3, -0.25) is 9.80 Å². The molecule has 13 heteroatoms. The fourth-order valence-corrected chi connectivity index (χ4v) is 3.51. The molecule has 0 bridgehead atoms. The van der Waals surface area contributed by atoms with Crippen LogP contribution in [-0.4, -0.2) is 59.2 Å². The van der Waals surface area contributed by atoms with Crippen LogP contribution < -0.4 is 10.1 Å². The summed E-state index contributed by atoms with van der Waals surface area (Å²) >= 11 is 0. The smallest absolute Gasteiger partial charge is 0.421 e. The topological polar surface area (TPSA) is 89.8 Å². The molecule has 0 saturated heterocycles. The summed E-state index contributed by atoms with van der Waals surface area (Å²) in [5, 5.41) is 11.6. The molecule has 2 N–H and O–H groups in total. The van der Waals surface area contributed by atoms with Gasteiger partial charge in [0.2, 0.25) is 11.9 Å². The number of aliphatic hydroxyl groups is 1. The molecular weight excluding hydrogens is 465 g/mol. The number of alkyl halides is 2. The number of halogens is 5. The monoisotopic (exact) mass is 483 g/mol. The van der Waals surface area contributed by atoms with E-state index >= 15 is 0 Å². The first-order valence-electron chi connectivity index (χ1n) is 9.90. The van der Waals surface area contributed by atoms with Crippen LogP contribution >= 0.6 is 0 Å². The van der Waals surface area contributed by atoms with Crippen LogP contribution in [-0.2, 0) is 0 Å². The third-order valence-corrected chi connectivity index (χ3v) is 5.25. The van der Waals surface area contributed by atoms with Gasteiger partial charge in [-0.25, -0.2) is 23.0 Å². The molecule has 2 aliphatic rings. The number of anilines is 1. The molecule has 2 aliphatic heterocycles. The molecule has 0 radical (unpaired) electrons. The van der Waals surface area contributed by atoms with Crippen molar-refractivity contribution in [3.63, 3.8) is 0 Å². The van der Waals surface area contributed by atoms with Gasteiger partial charge in [0.15, 0.2) is 17.5 Å². The summed E-state index contributed by atoms with van der Waals surface area (Å²) in [7, 11) is 1.40. The van der Waals surface area contributed by atoms with Crippen LogP contribution in [0.2, 0.25) is 0 Å². The Labute approximate surface area is 190 Å². The molecular formula is C21H18F5N5O3. The minimum atomic E-state index is -3.82. The van der Waals surface area contributed by atoms with Crippen molar-refractivity contribution >= 4 is 23.6 Å². The van der Waals surface area contributed by atoms with E-state index in [1.165, 1.54) is 30.1 Å². The summed E-state index contributed by atoms with van der Waals surface area (Å²) in [6, 6.07) is 4.04. The molecule has 2 amide bonds. The number of fused-ring (bicyclic) bond motifs is 1. The van der Waals surface area contributed by atoms with E-state index in [1.807, 2.05) is 0 Å². The Morgan fingerprint density at radius 1 is 1.21 bits per heavy atom. The summed E-state index contributed by atoms with van der Waals surface area (Å²) in [6.45, 7) is 0.0924. The molecule has 1 atom stereocenters. The number of carbonyl (C=O) groups is 1. The lowest BCUT2D eigenvalue weighted by Crippen LogP contribution is -2.53. The van der Waals surface area contributed by atoms with Crippen LogP contribution in [0.5, 0.6) is 5.75 Å². The number of aliphatic imine (C=N–C) groups is 2. The lowest BCUT2D eigenvalue weighted by molar-refractivity contribution is -0.200. The number of urea groups is 1. The number of carbonyl (C=O) groups excluding carboxylic acids is 1. The number of hydrogen-bond donors (Lipinski definition) is 2. The second-order valence-corrected chi connectivity index (χ2v) is 7.60. The Kier molecular flexibility index (Phi) is 5.89. The minimum Gasteiger partial charge on any atom is -0.431 e. The van der Waals surface area contributed by atoms with Crippen molar-refractivity contribution < 1.29 is 36.6 Å². The van der Waals surface area contributed by atoms with E-state index in [2.05, 4.69) is 20.0 Å². The predicted octanol–water partition coefficient (Wildman–Crippen LogP) is 3.62. The SMILES string of the molecule is Cc1ccc(OC(F)(F)CO)cc1NC1=NC(=O)N(C)C2=NCC(c3cc(F)c(F)c(F)c3)N12. The number of benzene rings is 2. The summed E-state index contributed by atoms with van der Waals surface area (Å²) in [4.78, 5) is 23.1. The van der Waals surface area contributed by atoms with Gasteiger partial charge in [0.25, 0.3) is 0 Å². The van der Waals surface area contributed by atoms with Crippen molar-refractivity contribution in [3.05, 3.63) is 58.9 Å². The van der Waals surface area contributed by atoms with Gasteiger partial charge in [0.05, 0.1) is 12.6 Å². The second-order valence-electron chi connectivity index (χ2n) is 7.60. The van der Waals surface area contributed by atoms with E-state index in [1.54, 1.807) is 6.92 Å². The zero-order valence-corrected chi connectivity index (χ0v) is 17.8. The first-order chi connectivity index (χ1) is 16.0. The molecule has 0 fully saturated rings. The molecule has 2 aromatic carbocycles. The maximum absolute atomic E-state index is 13.9. The number of aliphatic hydroxyl groups excluding tert-OH is 1. The first-order valence-corrected chi connectivity index (χ1v) is 9.90. The van der Waals surface area contributed by atoms with Gasteiger partial charge in [-0.2, -0.15) is 13.8 Å². The third-order valence-electron chi connectivity index (χ3n) is 5.25. The van der Waals surface area contributed by atoms with Crippen LogP contribution in [0.1, 0.15) is 17.2 Å². The largest absolute Gasteiger partial charge is 0.431 e. The fraction of sp³-hybridized carbons (Fsp3) is 0.286. The van der Waals surface area contributed by atoms with Gasteiger partial charge in [0.1, 0.15) is 12.4 Å². The molecule has 0 saturated carbocycles. The highest BCUT2D eigenvalue weighted by Gasteiger charge is 2.41. The molecule has 0 aromatic heterocycles. The molecule has 34 heavy (non-hydrogen) atoms. The molecule has 1 unspecified atom stereocenters. The van der Waals surface area contributed by atoms with Gasteiger partial charge in [-0.1, -0.05) is 6.07 Å². The van der Waals surface area contributed by atoms with Gasteiger partial charge in [-0.05, 0) is 36.2 Å². The van der Waals surface area contributed by atoms with Crippen LogP contribution in [0.25, 0.3) is 0 Å². The average molecular weight is 483 g/mol. The van der Waals surface area contributed by atoms with E-state index in [0.717, 1.165) is 17.0 Å². The van der Waals surface area contributed by atoms with Crippen molar-refractivity contribution in [2.24, 2.45) is 9.98 Å². The highest BCUT2D eigenvalue weighted by molar-refractivity contribution is 6.17. The molecule has 0 spiro atoms. The lowest BCUT2D eigenvalue weighted by Gasteiger charge is -2.35. The second kappa shape index (κ2) is 8.56. The number of aryl methyl sites for hydroxylation is 1. The Bertz CT molecular complexity index is 1200. The van der Waals surface area contributed by atoms with Crippen LogP contribution in [0.4, 0.5) is 32.4 Å². The molecule has 8 nitrogen and oxygen atoms in total. The van der Waals surface area contributed by atoms with Crippen LogP contribution in [0, 0.1) is 24.4 Å². The number of amides is 2. The van der Waals surface area contributed by atoms with Gasteiger partial charge < -0.3 is 15.2 Å².